The van der Waals surface area contributed by atoms with Crippen molar-refractivity contribution in [2.75, 3.05) is 6.61 Å². The number of aromatic nitrogens is 4. The maximum Gasteiger partial charge on any atom is 0.349 e. The van der Waals surface area contributed by atoms with Crippen molar-refractivity contribution in [2.24, 2.45) is 0 Å². The van der Waals surface area contributed by atoms with Gasteiger partial charge in [0.25, 0.3) is 5.56 Å². The highest BCUT2D eigenvalue weighted by Gasteiger charge is 2.19. The Morgan fingerprint density at radius 3 is 2.44 bits per heavy atom. The molecule has 3 aromatic rings. The monoisotopic (exact) mass is 472 g/mol. The highest BCUT2D eigenvalue weighted by Crippen LogP contribution is 2.27. The van der Waals surface area contributed by atoms with Gasteiger partial charge in [0.2, 0.25) is 0 Å². The van der Waals surface area contributed by atoms with E-state index in [9.17, 15) is 9.59 Å². The van der Waals surface area contributed by atoms with Gasteiger partial charge in [-0.1, -0.05) is 61.0 Å². The average Bonchev–Trinajstić information content (AvgIpc) is 2.85. The molecule has 0 aliphatic carbocycles. The first-order valence-electron chi connectivity index (χ1n) is 10.9. The zero-order chi connectivity index (χ0) is 23.7. The molecule has 0 saturated heterocycles. The Morgan fingerprint density at radius 1 is 0.971 bits per heavy atom. The van der Waals surface area contributed by atoms with E-state index >= 15 is 0 Å². The van der Waals surface area contributed by atoms with Crippen molar-refractivity contribution in [1.29, 1.82) is 0 Å². The summed E-state index contributed by atoms with van der Waals surface area (Å²) in [6.07, 6.45) is 0.729. The molecule has 170 valence electrons. The summed E-state index contributed by atoms with van der Waals surface area (Å²) in [6, 6.07) is 21.6. The second-order valence-electron chi connectivity index (χ2n) is 7.83. The molecule has 0 unspecified atom stereocenters. The number of H-pyrrole nitrogens is 1. The standard InChI is InChI=1S/C26H21ClN4O3/c1-2-16-14-22-21(15-20(16)27)28-23-24(29-26(33)30-25(23)32)31(22)12-13-34-19-10-8-18(9-11-19)17-6-4-3-5-7-17/h3-11,14-15H,2,12-13H2,1H3,(H,30,32,33). The lowest BCUT2D eigenvalue weighted by molar-refractivity contribution is 0.300. The van der Waals surface area contributed by atoms with Gasteiger partial charge in [-0.05, 0) is 47.4 Å². The molecule has 5 rings (SSSR count). The van der Waals surface area contributed by atoms with Crippen LogP contribution in [0.4, 0.5) is 0 Å². The highest BCUT2D eigenvalue weighted by molar-refractivity contribution is 6.32. The molecule has 34 heavy (non-hydrogen) atoms. The fourth-order valence-electron chi connectivity index (χ4n) is 3.99. The van der Waals surface area contributed by atoms with Crippen molar-refractivity contribution in [3.05, 3.63) is 98.2 Å². The molecular weight excluding hydrogens is 452 g/mol. The molecule has 3 aromatic carbocycles. The Morgan fingerprint density at radius 2 is 1.71 bits per heavy atom. The maximum atomic E-state index is 12.4. The van der Waals surface area contributed by atoms with Crippen LogP contribution in [-0.4, -0.2) is 26.1 Å². The van der Waals surface area contributed by atoms with E-state index in [4.69, 9.17) is 16.3 Å². The molecule has 0 spiro atoms. The number of rotatable bonds is 6. The summed E-state index contributed by atoms with van der Waals surface area (Å²) in [5.74, 6) is 0.934. The SMILES string of the molecule is CCc1cc2c(cc1Cl)nc1c(=O)[nH]c(=O)nc-1n2CCOc1ccc(-c2ccccc2)cc1. The fraction of sp³-hybridized carbons (Fsp3) is 0.154. The molecule has 0 amide bonds. The number of fused-ring (bicyclic) bond motifs is 2. The van der Waals surface area contributed by atoms with E-state index in [0.717, 1.165) is 34.4 Å². The number of aromatic amines is 1. The minimum Gasteiger partial charge on any atom is -0.492 e. The molecule has 0 fully saturated rings. The summed E-state index contributed by atoms with van der Waals surface area (Å²) in [5.41, 5.74) is 3.24. The lowest BCUT2D eigenvalue weighted by atomic mass is 10.1. The van der Waals surface area contributed by atoms with E-state index in [0.29, 0.717) is 23.7 Å². The smallest absolute Gasteiger partial charge is 0.349 e. The first kappa shape index (κ1) is 21.9. The summed E-state index contributed by atoms with van der Waals surface area (Å²) in [5, 5.41) is 0.577. The number of ether oxygens (including phenoxy) is 1. The molecule has 7 nitrogen and oxygen atoms in total. The average molecular weight is 473 g/mol. The first-order chi connectivity index (χ1) is 16.5. The number of aryl methyl sites for hydroxylation is 1. The summed E-state index contributed by atoms with van der Waals surface area (Å²) in [6.45, 7) is 2.67. The zero-order valence-corrected chi connectivity index (χ0v) is 19.2. The topological polar surface area (TPSA) is 89.9 Å². The molecule has 0 radical (unpaired) electrons. The van der Waals surface area contributed by atoms with E-state index in [1.54, 1.807) is 10.6 Å². The Balaban J connectivity index is 1.47. The van der Waals surface area contributed by atoms with Gasteiger partial charge in [-0.25, -0.2) is 9.78 Å². The third-order valence-corrected chi connectivity index (χ3v) is 6.05. The second kappa shape index (κ2) is 9.11. The van der Waals surface area contributed by atoms with Crippen molar-refractivity contribution in [1.82, 2.24) is 19.5 Å². The van der Waals surface area contributed by atoms with Gasteiger partial charge >= 0.3 is 5.69 Å². The van der Waals surface area contributed by atoms with Crippen molar-refractivity contribution < 1.29 is 4.74 Å². The molecule has 2 heterocycles. The van der Waals surface area contributed by atoms with Crippen LogP contribution in [0.15, 0.2) is 76.3 Å². The lowest BCUT2D eigenvalue weighted by Gasteiger charge is -2.18. The van der Waals surface area contributed by atoms with Gasteiger partial charge in [0.05, 0.1) is 17.6 Å². The third-order valence-electron chi connectivity index (χ3n) is 5.70. The highest BCUT2D eigenvalue weighted by atomic mass is 35.5. The number of halogens is 1. The summed E-state index contributed by atoms with van der Waals surface area (Å²) in [7, 11) is 0. The summed E-state index contributed by atoms with van der Waals surface area (Å²) in [4.78, 5) is 35.0. The van der Waals surface area contributed by atoms with Crippen LogP contribution in [0, 0.1) is 0 Å². The van der Waals surface area contributed by atoms with Crippen molar-refractivity contribution in [2.45, 2.75) is 19.9 Å². The Labute approximate surface area is 200 Å². The number of nitrogens with zero attached hydrogens (tertiary/aromatic N) is 3. The lowest BCUT2D eigenvalue weighted by Crippen LogP contribution is -2.29. The molecule has 8 heteroatoms. The quantitative estimate of drug-likeness (QED) is 0.366. The van der Waals surface area contributed by atoms with Crippen molar-refractivity contribution in [3.63, 3.8) is 0 Å². The number of benzene rings is 3. The molecule has 2 aliphatic rings. The van der Waals surface area contributed by atoms with E-state index in [-0.39, 0.29) is 11.5 Å². The maximum absolute atomic E-state index is 12.4. The Kier molecular flexibility index (Phi) is 5.86. The van der Waals surface area contributed by atoms with E-state index in [1.807, 2.05) is 55.5 Å². The van der Waals surface area contributed by atoms with E-state index in [1.165, 1.54) is 0 Å². The first-order valence-corrected chi connectivity index (χ1v) is 11.3. The van der Waals surface area contributed by atoms with Gasteiger partial charge in [0, 0.05) is 5.02 Å². The number of hydrogen-bond donors (Lipinski definition) is 1. The minimum atomic E-state index is -0.713. The fourth-order valence-corrected chi connectivity index (χ4v) is 4.28. The van der Waals surface area contributed by atoms with Gasteiger partial charge in [-0.15, -0.1) is 0 Å². The van der Waals surface area contributed by atoms with Crippen LogP contribution >= 0.6 is 11.6 Å². The molecule has 0 atom stereocenters. The van der Waals surface area contributed by atoms with E-state index < -0.39 is 11.2 Å². The largest absolute Gasteiger partial charge is 0.492 e. The summed E-state index contributed by atoms with van der Waals surface area (Å²) < 4.78 is 7.77. The second-order valence-corrected chi connectivity index (χ2v) is 8.24. The van der Waals surface area contributed by atoms with Gasteiger partial charge in [0.1, 0.15) is 12.4 Å². The van der Waals surface area contributed by atoms with Crippen LogP contribution in [0.2, 0.25) is 5.02 Å². The molecule has 1 N–H and O–H groups in total. The van der Waals surface area contributed by atoms with Crippen LogP contribution in [0.25, 0.3) is 33.7 Å². The third kappa shape index (κ3) is 4.18. The number of hydrogen-bond acceptors (Lipinski definition) is 5. The normalized spacial score (nSPS) is 11.2. The number of nitrogens with one attached hydrogen (secondary N) is 1. The van der Waals surface area contributed by atoms with Crippen molar-refractivity contribution >= 4 is 22.6 Å². The summed E-state index contributed by atoms with van der Waals surface area (Å²) >= 11 is 6.39. The van der Waals surface area contributed by atoms with Gasteiger partial charge in [-0.3, -0.25) is 9.78 Å². The molecule has 0 bridgehead atoms. The van der Waals surface area contributed by atoms with Crippen molar-refractivity contribution in [3.8, 4) is 28.4 Å². The molecule has 0 aromatic heterocycles. The van der Waals surface area contributed by atoms with Crippen LogP contribution < -0.4 is 16.0 Å². The van der Waals surface area contributed by atoms with Gasteiger partial charge < -0.3 is 9.30 Å². The molecule has 2 aliphatic heterocycles. The predicted octanol–water partition coefficient (Wildman–Crippen LogP) is 4.55. The van der Waals surface area contributed by atoms with Crippen LogP contribution in [0.5, 0.6) is 5.75 Å². The van der Waals surface area contributed by atoms with Gasteiger partial charge in [0.15, 0.2) is 11.5 Å². The van der Waals surface area contributed by atoms with Crippen LogP contribution in [0.3, 0.4) is 0 Å². The molecular formula is C26H21ClN4O3. The minimum absolute atomic E-state index is 0.0830. The Bertz CT molecular complexity index is 1560. The van der Waals surface area contributed by atoms with Crippen LogP contribution in [-0.2, 0) is 13.0 Å². The van der Waals surface area contributed by atoms with Crippen LogP contribution in [0.1, 0.15) is 12.5 Å². The van der Waals surface area contributed by atoms with Gasteiger partial charge in [-0.2, -0.15) is 4.98 Å². The zero-order valence-electron chi connectivity index (χ0n) is 18.4. The predicted molar refractivity (Wildman–Crippen MR) is 133 cm³/mol. The van der Waals surface area contributed by atoms with E-state index in [2.05, 4.69) is 27.1 Å². The molecule has 0 saturated carbocycles. The Hall–Kier alpha value is -3.97.